The highest BCUT2D eigenvalue weighted by atomic mass is 16.5. The van der Waals surface area contributed by atoms with Crippen molar-refractivity contribution in [1.82, 2.24) is 0 Å². The van der Waals surface area contributed by atoms with Gasteiger partial charge in [-0.15, -0.1) is 0 Å². The molecule has 0 fully saturated rings. The van der Waals surface area contributed by atoms with Crippen LogP contribution in [-0.4, -0.2) is 19.7 Å². The second-order valence-corrected chi connectivity index (χ2v) is 5.32. The van der Waals surface area contributed by atoms with Crippen LogP contribution in [0.5, 0.6) is 5.75 Å². The Bertz CT molecular complexity index is 442. The fourth-order valence-corrected chi connectivity index (χ4v) is 2.75. The van der Waals surface area contributed by atoms with Crippen LogP contribution in [-0.2, 0) is 11.2 Å². The molecule has 1 aliphatic rings. The second kappa shape index (κ2) is 6.79. The summed E-state index contributed by atoms with van der Waals surface area (Å²) in [6.07, 6.45) is 5.40. The molecule has 1 atom stereocenters. The van der Waals surface area contributed by atoms with Gasteiger partial charge in [0.15, 0.2) is 0 Å². The van der Waals surface area contributed by atoms with E-state index in [9.17, 15) is 4.79 Å². The summed E-state index contributed by atoms with van der Waals surface area (Å²) < 4.78 is 5.77. The third kappa shape index (κ3) is 3.62. The number of carbonyl (C=O) groups is 1. The topological polar surface area (TPSA) is 26.3 Å². The number of benzene rings is 1. The van der Waals surface area contributed by atoms with Gasteiger partial charge < -0.3 is 4.74 Å². The van der Waals surface area contributed by atoms with Crippen molar-refractivity contribution in [2.24, 2.45) is 0 Å². The van der Waals surface area contributed by atoms with Gasteiger partial charge in [-0.25, -0.2) is 0 Å². The molecule has 1 aliphatic carbocycles. The van der Waals surface area contributed by atoms with Gasteiger partial charge in [0.1, 0.15) is 18.8 Å². The first-order valence-electron chi connectivity index (χ1n) is 7.26. The summed E-state index contributed by atoms with van der Waals surface area (Å²) >= 11 is 0. The van der Waals surface area contributed by atoms with Crippen LogP contribution < -0.4 is 4.74 Å². The molecule has 3 heteroatoms. The van der Waals surface area contributed by atoms with Gasteiger partial charge in [-0.3, -0.25) is 4.79 Å². The predicted molar refractivity (Wildman–Crippen MR) is 79.3 cm³/mol. The first-order chi connectivity index (χ1) is 9.22. The molecule has 1 aromatic rings. The summed E-state index contributed by atoms with van der Waals surface area (Å²) in [5.74, 6) is 1.34. The number of aryl methyl sites for hydroxylation is 1. The number of ketones is 1. The van der Waals surface area contributed by atoms with Crippen LogP contribution in [0.2, 0.25) is 13.1 Å². The Morgan fingerprint density at radius 1 is 1.42 bits per heavy atom. The van der Waals surface area contributed by atoms with E-state index >= 15 is 0 Å². The zero-order chi connectivity index (χ0) is 13.7. The standard InChI is InChI=1S/C16H22BO2/c1-12(18)15-7-5-13-11-14(6-8-16(13)15)19-10-4-3-9-17-2/h6,8,11,15H,3-5,7,9-10H2,1-2H3. The normalized spacial score (nSPS) is 17.1. The van der Waals surface area contributed by atoms with E-state index in [0.717, 1.165) is 37.9 Å². The quantitative estimate of drug-likeness (QED) is 0.550. The Labute approximate surface area is 116 Å². The maximum absolute atomic E-state index is 11.5. The summed E-state index contributed by atoms with van der Waals surface area (Å²) in [5.41, 5.74) is 2.50. The van der Waals surface area contributed by atoms with E-state index < -0.39 is 0 Å². The van der Waals surface area contributed by atoms with Crippen LogP contribution >= 0.6 is 0 Å². The summed E-state index contributed by atoms with van der Waals surface area (Å²) in [6, 6.07) is 6.19. The lowest BCUT2D eigenvalue weighted by Gasteiger charge is -2.10. The maximum atomic E-state index is 11.5. The largest absolute Gasteiger partial charge is 0.494 e. The molecule has 19 heavy (non-hydrogen) atoms. The van der Waals surface area contributed by atoms with Gasteiger partial charge in [-0.2, -0.15) is 0 Å². The fraction of sp³-hybridized carbons (Fsp3) is 0.562. The third-order valence-electron chi connectivity index (χ3n) is 3.84. The minimum absolute atomic E-state index is 0.115. The van der Waals surface area contributed by atoms with E-state index in [1.807, 2.05) is 6.07 Å². The van der Waals surface area contributed by atoms with Crippen LogP contribution in [0.15, 0.2) is 18.2 Å². The van der Waals surface area contributed by atoms with E-state index in [2.05, 4.69) is 26.2 Å². The van der Waals surface area contributed by atoms with Gasteiger partial charge in [0.05, 0.1) is 6.61 Å². The lowest BCUT2D eigenvalue weighted by atomic mass is 9.76. The molecular formula is C16H22BO2. The Balaban J connectivity index is 1.90. The third-order valence-corrected chi connectivity index (χ3v) is 3.84. The fourth-order valence-electron chi connectivity index (χ4n) is 2.75. The Kier molecular flexibility index (Phi) is 5.06. The number of Topliss-reactive ketones (excluding diaryl/α,β-unsaturated/α-hetero) is 1. The molecule has 2 nitrogen and oxygen atoms in total. The summed E-state index contributed by atoms with van der Waals surface area (Å²) in [6.45, 7) is 4.56. The Morgan fingerprint density at radius 2 is 2.26 bits per heavy atom. The first kappa shape index (κ1) is 14.2. The summed E-state index contributed by atoms with van der Waals surface area (Å²) in [5, 5.41) is 0. The molecule has 0 amide bonds. The first-order valence-corrected chi connectivity index (χ1v) is 7.26. The SMILES string of the molecule is C[B]CCCCOc1ccc2c(c1)CCC2C(C)=O. The summed E-state index contributed by atoms with van der Waals surface area (Å²) in [7, 11) is 2.19. The Hall–Kier alpha value is -1.25. The van der Waals surface area contributed by atoms with Crippen molar-refractivity contribution < 1.29 is 9.53 Å². The molecule has 0 saturated heterocycles. The molecule has 0 N–H and O–H groups in total. The second-order valence-electron chi connectivity index (χ2n) is 5.32. The summed E-state index contributed by atoms with van der Waals surface area (Å²) in [4.78, 5) is 11.5. The number of hydrogen-bond donors (Lipinski definition) is 0. The average molecular weight is 257 g/mol. The molecule has 0 heterocycles. The number of rotatable bonds is 7. The van der Waals surface area contributed by atoms with Gasteiger partial charge in [0.2, 0.25) is 0 Å². The molecule has 0 aromatic heterocycles. The van der Waals surface area contributed by atoms with E-state index in [1.165, 1.54) is 17.5 Å². The van der Waals surface area contributed by atoms with Crippen molar-refractivity contribution in [3.05, 3.63) is 29.3 Å². The van der Waals surface area contributed by atoms with Crippen molar-refractivity contribution >= 4 is 13.1 Å². The van der Waals surface area contributed by atoms with Crippen molar-refractivity contribution in [2.45, 2.75) is 51.7 Å². The van der Waals surface area contributed by atoms with Crippen LogP contribution in [0, 0.1) is 0 Å². The van der Waals surface area contributed by atoms with E-state index in [-0.39, 0.29) is 11.7 Å². The van der Waals surface area contributed by atoms with E-state index in [0.29, 0.717) is 0 Å². The molecule has 1 unspecified atom stereocenters. The van der Waals surface area contributed by atoms with Gasteiger partial charge in [-0.1, -0.05) is 25.6 Å². The highest BCUT2D eigenvalue weighted by molar-refractivity contribution is 6.33. The molecule has 0 saturated carbocycles. The van der Waals surface area contributed by atoms with Gasteiger partial charge in [0.25, 0.3) is 0 Å². The predicted octanol–water partition coefficient (Wildman–Crippen LogP) is 3.64. The van der Waals surface area contributed by atoms with Crippen molar-refractivity contribution in [2.75, 3.05) is 6.61 Å². The van der Waals surface area contributed by atoms with E-state index in [1.54, 1.807) is 6.92 Å². The monoisotopic (exact) mass is 257 g/mol. The van der Waals surface area contributed by atoms with E-state index in [4.69, 9.17) is 4.74 Å². The number of carbonyl (C=O) groups excluding carboxylic acids is 1. The number of unbranched alkanes of at least 4 members (excludes halogenated alkanes) is 1. The minimum atomic E-state index is 0.115. The average Bonchev–Trinajstić information content (AvgIpc) is 2.81. The number of ether oxygens (including phenoxy) is 1. The lowest BCUT2D eigenvalue weighted by Crippen LogP contribution is -2.04. The molecule has 2 rings (SSSR count). The van der Waals surface area contributed by atoms with Gasteiger partial charge >= 0.3 is 0 Å². The minimum Gasteiger partial charge on any atom is -0.494 e. The van der Waals surface area contributed by atoms with Crippen molar-refractivity contribution in [3.8, 4) is 5.75 Å². The molecule has 0 aliphatic heterocycles. The van der Waals surface area contributed by atoms with Crippen molar-refractivity contribution in [3.63, 3.8) is 0 Å². The zero-order valence-electron chi connectivity index (χ0n) is 11.9. The van der Waals surface area contributed by atoms with Crippen LogP contribution in [0.1, 0.15) is 43.2 Å². The molecule has 0 spiro atoms. The number of hydrogen-bond acceptors (Lipinski definition) is 2. The van der Waals surface area contributed by atoms with Gasteiger partial charge in [-0.05, 0) is 49.4 Å². The van der Waals surface area contributed by atoms with Crippen LogP contribution in [0.4, 0.5) is 0 Å². The molecule has 1 aromatic carbocycles. The maximum Gasteiger partial charge on any atom is 0.137 e. The van der Waals surface area contributed by atoms with Crippen LogP contribution in [0.3, 0.4) is 0 Å². The zero-order valence-corrected chi connectivity index (χ0v) is 11.9. The van der Waals surface area contributed by atoms with Crippen molar-refractivity contribution in [1.29, 1.82) is 0 Å². The molecular weight excluding hydrogens is 235 g/mol. The highest BCUT2D eigenvalue weighted by Gasteiger charge is 2.25. The van der Waals surface area contributed by atoms with Gasteiger partial charge in [0, 0.05) is 5.92 Å². The smallest absolute Gasteiger partial charge is 0.137 e. The molecule has 101 valence electrons. The Morgan fingerprint density at radius 3 is 3.00 bits per heavy atom. The lowest BCUT2D eigenvalue weighted by molar-refractivity contribution is -0.118. The van der Waals surface area contributed by atoms with Crippen LogP contribution in [0.25, 0.3) is 0 Å². The molecule has 0 bridgehead atoms. The highest BCUT2D eigenvalue weighted by Crippen LogP contribution is 2.35. The molecule has 1 radical (unpaired) electrons. The number of fused-ring (bicyclic) bond motifs is 1.